The van der Waals surface area contributed by atoms with Gasteiger partial charge in [-0.05, 0) is 37.6 Å². The average molecular weight is 314 g/mol. The molecule has 0 heterocycles. The Morgan fingerprint density at radius 2 is 2.10 bits per heavy atom. The van der Waals surface area contributed by atoms with Gasteiger partial charge in [-0.3, -0.25) is 9.59 Å². The summed E-state index contributed by atoms with van der Waals surface area (Å²) in [6.45, 7) is 4.02. The molecule has 0 radical (unpaired) electrons. The lowest BCUT2D eigenvalue weighted by Crippen LogP contribution is -2.35. The summed E-state index contributed by atoms with van der Waals surface area (Å²) in [4.78, 5) is 24.7. The highest BCUT2D eigenvalue weighted by molar-refractivity contribution is 6.30. The summed E-state index contributed by atoms with van der Waals surface area (Å²) in [5.41, 5.74) is 0.599. The Hall–Kier alpha value is -1.88. The lowest BCUT2D eigenvalue weighted by Gasteiger charge is -2.17. The Kier molecular flexibility index (Phi) is 6.88. The number of hydrogen-bond donors (Lipinski definition) is 0. The van der Waals surface area contributed by atoms with Crippen LogP contribution in [0.5, 0.6) is 0 Å². The monoisotopic (exact) mass is 313 g/mol. The number of esters is 1. The molecular formula is C15H17ClFNO3. The van der Waals surface area contributed by atoms with Gasteiger partial charge in [-0.25, -0.2) is 4.39 Å². The van der Waals surface area contributed by atoms with E-state index in [4.69, 9.17) is 16.3 Å². The molecule has 0 atom stereocenters. The minimum absolute atomic E-state index is 0.0107. The Labute approximate surface area is 128 Å². The van der Waals surface area contributed by atoms with Gasteiger partial charge in [-0.2, -0.15) is 0 Å². The van der Waals surface area contributed by atoms with Crippen LogP contribution in [-0.4, -0.2) is 36.5 Å². The van der Waals surface area contributed by atoms with Crippen LogP contribution in [0.4, 0.5) is 4.39 Å². The first-order chi connectivity index (χ1) is 9.97. The van der Waals surface area contributed by atoms with Gasteiger partial charge < -0.3 is 9.64 Å². The molecule has 21 heavy (non-hydrogen) atoms. The highest BCUT2D eigenvalue weighted by atomic mass is 35.5. The topological polar surface area (TPSA) is 46.6 Å². The zero-order valence-electron chi connectivity index (χ0n) is 11.9. The molecule has 0 saturated heterocycles. The van der Waals surface area contributed by atoms with Crippen LogP contribution in [0.25, 0.3) is 6.08 Å². The van der Waals surface area contributed by atoms with Crippen molar-refractivity contribution in [2.45, 2.75) is 13.8 Å². The first-order valence-corrected chi connectivity index (χ1v) is 6.93. The van der Waals surface area contributed by atoms with Crippen molar-refractivity contribution < 1.29 is 18.7 Å². The molecule has 0 aliphatic carbocycles. The maximum Gasteiger partial charge on any atom is 0.325 e. The van der Waals surface area contributed by atoms with Crippen molar-refractivity contribution in [3.05, 3.63) is 40.7 Å². The van der Waals surface area contributed by atoms with Crippen LogP contribution in [-0.2, 0) is 14.3 Å². The van der Waals surface area contributed by atoms with Gasteiger partial charge in [0.05, 0.1) is 11.6 Å². The van der Waals surface area contributed by atoms with Gasteiger partial charge in [0.1, 0.15) is 12.4 Å². The first-order valence-electron chi connectivity index (χ1n) is 6.55. The quantitative estimate of drug-likeness (QED) is 0.599. The summed E-state index contributed by atoms with van der Waals surface area (Å²) < 4.78 is 17.8. The fraction of sp³-hybridized carbons (Fsp3) is 0.333. The summed E-state index contributed by atoms with van der Waals surface area (Å²) in [7, 11) is 0. The molecule has 0 fully saturated rings. The molecule has 0 spiro atoms. The van der Waals surface area contributed by atoms with E-state index >= 15 is 0 Å². The van der Waals surface area contributed by atoms with Crippen LogP contribution < -0.4 is 0 Å². The standard InChI is InChI=1S/C15H17ClFNO3/c1-3-18(10-15(20)21-4-2)14(19)8-6-11-5-7-13(17)12(16)9-11/h5-9H,3-4,10H2,1-2H3/b8-6+. The van der Waals surface area contributed by atoms with Crippen molar-refractivity contribution in [1.82, 2.24) is 4.90 Å². The summed E-state index contributed by atoms with van der Waals surface area (Å²) in [6.07, 6.45) is 2.83. The van der Waals surface area contributed by atoms with E-state index in [1.165, 1.54) is 35.3 Å². The van der Waals surface area contributed by atoms with Crippen molar-refractivity contribution in [2.24, 2.45) is 0 Å². The highest BCUT2D eigenvalue weighted by Crippen LogP contribution is 2.16. The van der Waals surface area contributed by atoms with Gasteiger partial charge in [0.2, 0.25) is 5.91 Å². The number of rotatable bonds is 6. The Morgan fingerprint density at radius 3 is 2.67 bits per heavy atom. The van der Waals surface area contributed by atoms with Crippen molar-refractivity contribution in [1.29, 1.82) is 0 Å². The Bertz CT molecular complexity index is 546. The fourth-order valence-electron chi connectivity index (χ4n) is 1.60. The summed E-state index contributed by atoms with van der Waals surface area (Å²) in [5.74, 6) is -1.30. The molecule has 0 bridgehead atoms. The molecule has 0 unspecified atom stereocenters. The fourth-order valence-corrected chi connectivity index (χ4v) is 1.79. The van der Waals surface area contributed by atoms with E-state index in [1.807, 2.05) is 0 Å². The van der Waals surface area contributed by atoms with E-state index in [9.17, 15) is 14.0 Å². The number of halogens is 2. The predicted molar refractivity (Wildman–Crippen MR) is 79.3 cm³/mol. The summed E-state index contributed by atoms with van der Waals surface area (Å²) >= 11 is 5.66. The number of likely N-dealkylation sites (N-methyl/N-ethyl adjacent to an activating group) is 1. The van der Waals surface area contributed by atoms with E-state index in [0.29, 0.717) is 12.1 Å². The number of ether oxygens (including phenoxy) is 1. The smallest absolute Gasteiger partial charge is 0.325 e. The maximum absolute atomic E-state index is 13.0. The van der Waals surface area contributed by atoms with Crippen LogP contribution in [0.15, 0.2) is 24.3 Å². The minimum atomic E-state index is -0.516. The normalized spacial score (nSPS) is 10.7. The zero-order valence-corrected chi connectivity index (χ0v) is 12.7. The second-order valence-electron chi connectivity index (χ2n) is 4.16. The lowest BCUT2D eigenvalue weighted by molar-refractivity contribution is -0.147. The van der Waals surface area contributed by atoms with Crippen LogP contribution in [0, 0.1) is 5.82 Å². The molecule has 0 aliphatic rings. The van der Waals surface area contributed by atoms with Crippen LogP contribution in [0.1, 0.15) is 19.4 Å². The van der Waals surface area contributed by atoms with E-state index in [0.717, 1.165) is 0 Å². The molecule has 0 aromatic heterocycles. The minimum Gasteiger partial charge on any atom is -0.465 e. The van der Waals surface area contributed by atoms with Crippen molar-refractivity contribution in [2.75, 3.05) is 19.7 Å². The van der Waals surface area contributed by atoms with Crippen molar-refractivity contribution >= 4 is 29.6 Å². The van der Waals surface area contributed by atoms with Crippen molar-refractivity contribution in [3.63, 3.8) is 0 Å². The molecule has 4 nitrogen and oxygen atoms in total. The van der Waals surface area contributed by atoms with E-state index in [2.05, 4.69) is 0 Å². The van der Waals surface area contributed by atoms with Gasteiger partial charge in [0.15, 0.2) is 0 Å². The Morgan fingerprint density at radius 1 is 1.38 bits per heavy atom. The third kappa shape index (κ3) is 5.55. The zero-order chi connectivity index (χ0) is 15.8. The molecular weight excluding hydrogens is 297 g/mol. The summed E-state index contributed by atoms with van der Waals surface area (Å²) in [6, 6.07) is 4.15. The van der Waals surface area contributed by atoms with Gasteiger partial charge >= 0.3 is 5.97 Å². The highest BCUT2D eigenvalue weighted by Gasteiger charge is 2.13. The number of amides is 1. The van der Waals surface area contributed by atoms with Crippen LogP contribution in [0.3, 0.4) is 0 Å². The molecule has 6 heteroatoms. The van der Waals surface area contributed by atoms with E-state index in [1.54, 1.807) is 13.8 Å². The largest absolute Gasteiger partial charge is 0.465 e. The van der Waals surface area contributed by atoms with Crippen molar-refractivity contribution in [3.8, 4) is 0 Å². The molecule has 1 aromatic carbocycles. The lowest BCUT2D eigenvalue weighted by atomic mass is 10.2. The number of hydrogen-bond acceptors (Lipinski definition) is 3. The molecule has 1 rings (SSSR count). The average Bonchev–Trinajstić information content (AvgIpc) is 2.46. The summed E-state index contributed by atoms with van der Waals surface area (Å²) in [5, 5.41) is -0.0107. The van der Waals surface area contributed by atoms with Gasteiger partial charge in [-0.15, -0.1) is 0 Å². The van der Waals surface area contributed by atoms with Gasteiger partial charge in [0, 0.05) is 12.6 Å². The number of carbonyl (C=O) groups is 2. The predicted octanol–water partition coefficient (Wildman–Crippen LogP) is 2.90. The molecule has 0 aliphatic heterocycles. The Balaban J connectivity index is 2.70. The van der Waals surface area contributed by atoms with Crippen LogP contribution >= 0.6 is 11.6 Å². The molecule has 1 amide bonds. The van der Waals surface area contributed by atoms with E-state index < -0.39 is 11.8 Å². The molecule has 0 saturated carbocycles. The third-order valence-corrected chi connectivity index (χ3v) is 2.97. The molecule has 0 N–H and O–H groups in total. The first kappa shape index (κ1) is 17.2. The number of nitrogens with zero attached hydrogens (tertiary/aromatic N) is 1. The number of benzene rings is 1. The van der Waals surface area contributed by atoms with E-state index in [-0.39, 0.29) is 24.1 Å². The number of carbonyl (C=O) groups excluding carboxylic acids is 2. The SMILES string of the molecule is CCOC(=O)CN(CC)C(=O)/C=C/c1ccc(F)c(Cl)c1. The molecule has 1 aromatic rings. The second-order valence-corrected chi connectivity index (χ2v) is 4.57. The molecule has 114 valence electrons. The third-order valence-electron chi connectivity index (χ3n) is 2.68. The van der Waals surface area contributed by atoms with Crippen LogP contribution in [0.2, 0.25) is 5.02 Å². The maximum atomic E-state index is 13.0. The second kappa shape index (κ2) is 8.42. The van der Waals surface area contributed by atoms with Gasteiger partial charge in [0.25, 0.3) is 0 Å². The van der Waals surface area contributed by atoms with Gasteiger partial charge in [-0.1, -0.05) is 17.7 Å².